The highest BCUT2D eigenvalue weighted by Crippen LogP contribution is 2.59. The number of hydrogen-bond acceptors (Lipinski definition) is 14. The highest BCUT2D eigenvalue weighted by atomic mass is 16.6. The third-order valence-electron chi connectivity index (χ3n) is 33.6. The van der Waals surface area contributed by atoms with Crippen LogP contribution in [0.4, 0.5) is 0 Å². The topological polar surface area (TPSA) is 176 Å². The average molecular weight is 1600 g/mol. The van der Waals surface area contributed by atoms with Gasteiger partial charge in [0.25, 0.3) is 0 Å². The van der Waals surface area contributed by atoms with E-state index < -0.39 is 16.4 Å². The zero-order valence-electron chi connectivity index (χ0n) is 76.5. The molecule has 10 saturated carbocycles. The molecule has 16 unspecified atom stereocenters. The van der Waals surface area contributed by atoms with Crippen molar-refractivity contribution in [1.82, 2.24) is 0 Å². The predicted molar refractivity (Wildman–Crippen MR) is 457 cm³/mol. The molecule has 0 aromatic heterocycles. The van der Waals surface area contributed by atoms with Crippen molar-refractivity contribution in [3.05, 3.63) is 0 Å². The fourth-order valence-corrected chi connectivity index (χ4v) is 24.1. The maximum absolute atomic E-state index is 12.5. The van der Waals surface area contributed by atoms with Crippen LogP contribution in [0, 0.1) is 93.7 Å². The molecular weight excluding hydrogens is 1430 g/mol. The fourth-order valence-electron chi connectivity index (χ4n) is 24.1. The van der Waals surface area contributed by atoms with E-state index in [9.17, 15) is 28.8 Å². The lowest BCUT2D eigenvalue weighted by Gasteiger charge is -2.45. The van der Waals surface area contributed by atoms with E-state index in [0.717, 1.165) is 152 Å². The first-order valence-corrected chi connectivity index (χ1v) is 49.0. The Morgan fingerprint density at radius 1 is 0.333 bits per heavy atom. The normalized spacial score (nSPS) is 31.3. The second kappa shape index (κ2) is 42.5. The lowest BCUT2D eigenvalue weighted by molar-refractivity contribution is -0.181. The van der Waals surface area contributed by atoms with Crippen molar-refractivity contribution >= 4 is 35.8 Å². The molecule has 8 bridgehead atoms. The van der Waals surface area contributed by atoms with Gasteiger partial charge in [-0.1, -0.05) is 147 Å². The molecule has 4 aliphatic heterocycles. The quantitative estimate of drug-likeness (QED) is 0.0590. The molecule has 114 heavy (non-hydrogen) atoms. The van der Waals surface area contributed by atoms with Gasteiger partial charge in [-0.3, -0.25) is 28.8 Å². The van der Waals surface area contributed by atoms with Crippen molar-refractivity contribution in [2.24, 2.45) is 93.7 Å². The summed E-state index contributed by atoms with van der Waals surface area (Å²) in [5, 5.41) is 0. The first-order valence-electron chi connectivity index (χ1n) is 49.0. The number of carbonyl (C=O) groups excluding carboxylic acids is 6. The van der Waals surface area contributed by atoms with Crippen LogP contribution in [0.2, 0.25) is 0 Å². The molecule has 656 valence electrons. The summed E-state index contributed by atoms with van der Waals surface area (Å²) in [6, 6.07) is 0. The van der Waals surface area contributed by atoms with Crippen molar-refractivity contribution in [2.45, 2.75) is 504 Å². The van der Waals surface area contributed by atoms with E-state index in [1.165, 1.54) is 193 Å². The van der Waals surface area contributed by atoms with Crippen LogP contribution in [-0.4, -0.2) is 93.8 Å². The van der Waals surface area contributed by atoms with E-state index in [1.54, 1.807) is 0 Å². The van der Waals surface area contributed by atoms with Crippen LogP contribution in [0.15, 0.2) is 0 Å². The second-order valence-corrected chi connectivity index (χ2v) is 42.0. The van der Waals surface area contributed by atoms with Crippen LogP contribution < -0.4 is 0 Å². The molecule has 4 heterocycles. The summed E-state index contributed by atoms with van der Waals surface area (Å²) in [6.07, 6.45) is 60.8. The van der Waals surface area contributed by atoms with Crippen LogP contribution in [-0.2, 0) is 66.7 Å². The molecule has 14 nitrogen and oxygen atoms in total. The summed E-state index contributed by atoms with van der Waals surface area (Å²) in [4.78, 5) is 73.9. The molecule has 0 amide bonds. The number of rotatable bonds is 26. The second-order valence-electron chi connectivity index (χ2n) is 42.0. The largest absolute Gasteiger partial charge is 0.459 e. The monoisotopic (exact) mass is 1600 g/mol. The van der Waals surface area contributed by atoms with Gasteiger partial charge in [0.15, 0.2) is 0 Å². The van der Waals surface area contributed by atoms with Gasteiger partial charge in [-0.25, -0.2) is 0 Å². The minimum absolute atomic E-state index is 0.0475. The van der Waals surface area contributed by atoms with Crippen molar-refractivity contribution < 1.29 is 66.7 Å². The molecule has 16 atom stereocenters. The summed E-state index contributed by atoms with van der Waals surface area (Å²) in [5.74, 6) is 7.29. The molecule has 0 N–H and O–H groups in total. The van der Waals surface area contributed by atoms with Gasteiger partial charge in [0.2, 0.25) is 0 Å². The predicted octanol–water partition coefficient (Wildman–Crippen LogP) is 25.8. The van der Waals surface area contributed by atoms with Gasteiger partial charge in [0.1, 0.15) is 33.6 Å². The number of carbonyl (C=O) groups is 6. The Hall–Kier alpha value is -3.26. The van der Waals surface area contributed by atoms with Gasteiger partial charge in [-0.15, -0.1) is 0 Å². The van der Waals surface area contributed by atoms with Gasteiger partial charge in [-0.2, -0.15) is 0 Å². The summed E-state index contributed by atoms with van der Waals surface area (Å²) < 4.78 is 48.4. The summed E-state index contributed by atoms with van der Waals surface area (Å²) >= 11 is 0. The molecule has 0 spiro atoms. The summed E-state index contributed by atoms with van der Waals surface area (Å²) in [7, 11) is 0. The Morgan fingerprint density at radius 3 is 0.930 bits per heavy atom. The van der Waals surface area contributed by atoms with Crippen molar-refractivity contribution in [3.8, 4) is 0 Å². The standard InChI is InChI=1S/C18H30O2.C17H30O3.C17H28O2.C17H30O2.C16H28O2.C15H26O3/c1-3-13(2)17(19)20-18(9-5-4-6-10-18)16-12-14-7-8-15(16)11-14;1-6-16(4,5)15(18)20-17(7-2,8-3)13-11-12-9-10-14(13)19-12;1-3-12(2)16(18)19-17(8-4-5-9-17)15-11-13-6-7-14(15)10-13;1-3-14(2)16(18)19-17(12-8-5-9-13-17)15-10-6-4-7-11-15;1-3-13(2)15(17)18-16(11-7-4-8-12-16)14-9-5-6-10-14;1-6-14(2,3)13(16)18-15(4,5)11-9-10-7-8-12(11)17-10/h13-16H,3-12H2,1-2H3;12-14H,6-11H2,1-5H3;12-15H,3-11H2,1-2H3;14-15H,3-13H2,1-2H3;13-14H,3-12H2,1-2H3;10-12H,6-9H2,1-5H3. The number of fused-ring (bicyclic) bond motifs is 8. The molecule has 14 aliphatic rings. The Bertz CT molecular complexity index is 2940. The van der Waals surface area contributed by atoms with Crippen LogP contribution in [0.25, 0.3) is 0 Å². The molecule has 0 radical (unpaired) electrons. The molecule has 14 rings (SSSR count). The SMILES string of the molecule is CCC(C)(C)C(=O)OC(C)(C)C1CC2CCC1O2.CCC(C)(C)C(=O)OC(CC)(CC)C1CC2CCC1O2.CCC(C)C(=O)OC1(C2CC3CCC2C3)CCCC1.CCC(C)C(=O)OC1(C2CC3CCC2C3)CCCCC1.CCC(C)C(=O)OC1(C2CCCC2)CCCCC1.CCC(C)C(=O)OC1(C2CCCCC2)CCCCC1. The lowest BCUT2D eigenvalue weighted by atomic mass is 9.69. The van der Waals surface area contributed by atoms with E-state index in [0.29, 0.717) is 59.9 Å². The van der Waals surface area contributed by atoms with Gasteiger partial charge < -0.3 is 37.9 Å². The lowest BCUT2D eigenvalue weighted by Crippen LogP contribution is -2.48. The maximum atomic E-state index is 12.5. The van der Waals surface area contributed by atoms with E-state index >= 15 is 0 Å². The Labute approximate surface area is 696 Å². The summed E-state index contributed by atoms with van der Waals surface area (Å²) in [5.41, 5.74) is -1.87. The fraction of sp³-hybridized carbons (Fsp3) is 0.940. The van der Waals surface area contributed by atoms with E-state index in [1.807, 2.05) is 83.1 Å². The molecule has 0 aromatic carbocycles. The van der Waals surface area contributed by atoms with E-state index in [2.05, 4.69) is 41.5 Å². The van der Waals surface area contributed by atoms with Crippen molar-refractivity contribution in [3.63, 3.8) is 0 Å². The average Bonchev–Trinajstić information content (AvgIpc) is 1.62. The van der Waals surface area contributed by atoms with Crippen LogP contribution in [0.3, 0.4) is 0 Å². The zero-order chi connectivity index (χ0) is 82.9. The third-order valence-corrected chi connectivity index (χ3v) is 33.6. The number of esters is 6. The van der Waals surface area contributed by atoms with Gasteiger partial charge in [0.05, 0.1) is 58.9 Å². The minimum atomic E-state index is -0.413. The molecule has 14 fully saturated rings. The van der Waals surface area contributed by atoms with Crippen molar-refractivity contribution in [2.75, 3.05) is 0 Å². The molecule has 14 heteroatoms. The number of hydrogen-bond donors (Lipinski definition) is 0. The minimum Gasteiger partial charge on any atom is -0.459 e. The first-order chi connectivity index (χ1) is 54.3. The molecule has 4 saturated heterocycles. The maximum Gasteiger partial charge on any atom is 0.312 e. The van der Waals surface area contributed by atoms with Crippen molar-refractivity contribution in [1.29, 1.82) is 0 Å². The highest BCUT2D eigenvalue weighted by molar-refractivity contribution is 5.77. The Morgan fingerprint density at radius 2 is 0.640 bits per heavy atom. The third kappa shape index (κ3) is 23.3. The molecule has 10 aliphatic carbocycles. The smallest absolute Gasteiger partial charge is 0.312 e. The van der Waals surface area contributed by atoms with E-state index in [4.69, 9.17) is 37.9 Å². The van der Waals surface area contributed by atoms with Gasteiger partial charge in [0, 0.05) is 23.7 Å². The molecule has 0 aromatic rings. The van der Waals surface area contributed by atoms with E-state index in [-0.39, 0.29) is 87.5 Å². The van der Waals surface area contributed by atoms with Crippen LogP contribution in [0.5, 0.6) is 0 Å². The Kier molecular flexibility index (Phi) is 35.3. The zero-order valence-corrected chi connectivity index (χ0v) is 76.5. The molecular formula is C100H172O14. The first kappa shape index (κ1) is 94.6. The summed E-state index contributed by atoms with van der Waals surface area (Å²) in [6.45, 7) is 36.6. The Balaban J connectivity index is 0.000000157. The van der Waals surface area contributed by atoms with Crippen LogP contribution >= 0.6 is 0 Å². The highest BCUT2D eigenvalue weighted by Gasteiger charge is 2.58. The number of ether oxygens (including phenoxy) is 8. The van der Waals surface area contributed by atoms with Gasteiger partial charge in [-0.05, 0) is 334 Å². The van der Waals surface area contributed by atoms with Crippen LogP contribution in [0.1, 0.15) is 446 Å². The van der Waals surface area contributed by atoms with Gasteiger partial charge >= 0.3 is 35.8 Å².